The molecule has 0 radical (unpaired) electrons. The molecule has 1 aromatic carbocycles. The number of hydrogen-bond acceptors (Lipinski definition) is 3. The van der Waals surface area contributed by atoms with Crippen LogP contribution >= 0.6 is 0 Å². The molecule has 5 nitrogen and oxygen atoms in total. The van der Waals surface area contributed by atoms with E-state index in [0.717, 1.165) is 44.6 Å². The molecule has 3 rings (SSSR count). The molecule has 0 saturated carbocycles. The Morgan fingerprint density at radius 2 is 2.04 bits per heavy atom. The molecule has 152 valence electrons. The number of carbonyl (C=O) groups is 1. The van der Waals surface area contributed by atoms with Crippen LogP contribution in [0.3, 0.4) is 0 Å². The molecule has 0 bridgehead atoms. The maximum atomic E-state index is 13.0. The lowest BCUT2D eigenvalue weighted by atomic mass is 9.97. The average molecular weight is 387 g/mol. The Hall–Kier alpha value is -2.21. The van der Waals surface area contributed by atoms with Crippen LogP contribution < -0.4 is 0 Å². The van der Waals surface area contributed by atoms with Gasteiger partial charge in [0.1, 0.15) is 5.82 Å². The number of carbonyl (C=O) groups excluding carboxylic acids is 1. The molecule has 0 aliphatic carbocycles. The van der Waals surface area contributed by atoms with Crippen molar-refractivity contribution in [1.82, 2.24) is 19.6 Å². The van der Waals surface area contributed by atoms with Gasteiger partial charge in [0.15, 0.2) is 0 Å². The molecule has 1 aliphatic heterocycles. The van der Waals surface area contributed by atoms with Crippen LogP contribution in [0.4, 0.5) is 4.39 Å². The van der Waals surface area contributed by atoms with E-state index in [4.69, 9.17) is 0 Å². The summed E-state index contributed by atoms with van der Waals surface area (Å²) in [6.07, 6.45) is 8.35. The van der Waals surface area contributed by atoms with Crippen molar-refractivity contribution in [3.05, 3.63) is 53.6 Å². The van der Waals surface area contributed by atoms with Gasteiger partial charge in [-0.05, 0) is 61.4 Å². The van der Waals surface area contributed by atoms with Crippen LogP contribution in [-0.2, 0) is 24.7 Å². The van der Waals surface area contributed by atoms with E-state index >= 15 is 0 Å². The Bertz CT molecular complexity index is 758. The fourth-order valence-corrected chi connectivity index (χ4v) is 3.97. The number of aromatic nitrogens is 2. The SMILES string of the molecule is CN(CC1CCCN(CCc2ccc(F)cc2)C1)C(=O)CCc1cnn(C)c1. The highest BCUT2D eigenvalue weighted by molar-refractivity contribution is 5.76. The third-order valence-electron chi connectivity index (χ3n) is 5.58. The zero-order valence-corrected chi connectivity index (χ0v) is 17.0. The van der Waals surface area contributed by atoms with E-state index in [2.05, 4.69) is 10.00 Å². The molecule has 1 unspecified atom stereocenters. The van der Waals surface area contributed by atoms with Crippen LogP contribution in [0, 0.1) is 11.7 Å². The minimum atomic E-state index is -0.182. The van der Waals surface area contributed by atoms with Gasteiger partial charge < -0.3 is 9.80 Å². The Morgan fingerprint density at radius 3 is 2.75 bits per heavy atom. The number of piperidine rings is 1. The van der Waals surface area contributed by atoms with Crippen LogP contribution in [0.5, 0.6) is 0 Å². The normalized spacial score (nSPS) is 17.6. The van der Waals surface area contributed by atoms with E-state index in [1.807, 2.05) is 43.5 Å². The molecular weight excluding hydrogens is 355 g/mol. The zero-order valence-electron chi connectivity index (χ0n) is 17.0. The third kappa shape index (κ3) is 6.16. The van der Waals surface area contributed by atoms with Gasteiger partial charge in [0, 0.05) is 46.3 Å². The Balaban J connectivity index is 1.40. The van der Waals surface area contributed by atoms with Crippen LogP contribution in [0.25, 0.3) is 0 Å². The number of aryl methyl sites for hydroxylation is 2. The average Bonchev–Trinajstić information content (AvgIpc) is 3.11. The lowest BCUT2D eigenvalue weighted by molar-refractivity contribution is -0.130. The number of hydrogen-bond donors (Lipinski definition) is 0. The van der Waals surface area contributed by atoms with E-state index in [1.54, 1.807) is 4.68 Å². The second-order valence-electron chi connectivity index (χ2n) is 7.98. The van der Waals surface area contributed by atoms with Crippen molar-refractivity contribution >= 4 is 5.91 Å². The topological polar surface area (TPSA) is 41.4 Å². The first-order valence-electron chi connectivity index (χ1n) is 10.2. The fourth-order valence-electron chi connectivity index (χ4n) is 3.97. The number of benzene rings is 1. The second-order valence-corrected chi connectivity index (χ2v) is 7.98. The molecule has 1 atom stereocenters. The van der Waals surface area contributed by atoms with Gasteiger partial charge in [0.2, 0.25) is 5.91 Å². The summed E-state index contributed by atoms with van der Waals surface area (Å²) in [6.45, 7) is 3.94. The predicted octanol–water partition coefficient (Wildman–Crippen LogP) is 2.90. The van der Waals surface area contributed by atoms with Gasteiger partial charge in [-0.2, -0.15) is 5.10 Å². The minimum absolute atomic E-state index is 0.182. The molecule has 2 heterocycles. The molecule has 1 aliphatic rings. The first-order chi connectivity index (χ1) is 13.5. The fraction of sp³-hybridized carbons (Fsp3) is 0.545. The van der Waals surface area contributed by atoms with Crippen molar-refractivity contribution in [3.63, 3.8) is 0 Å². The van der Waals surface area contributed by atoms with Gasteiger partial charge in [-0.15, -0.1) is 0 Å². The largest absolute Gasteiger partial charge is 0.345 e. The summed E-state index contributed by atoms with van der Waals surface area (Å²) in [5.41, 5.74) is 2.28. The standard InChI is InChI=1S/C22H31FN4O/c1-25(22(28)10-7-19-14-24-26(2)16-19)15-20-4-3-12-27(17-20)13-11-18-5-8-21(23)9-6-18/h5-6,8-9,14,16,20H,3-4,7,10-13,15,17H2,1-2H3. The van der Waals surface area contributed by atoms with Gasteiger partial charge in [0.05, 0.1) is 6.20 Å². The minimum Gasteiger partial charge on any atom is -0.345 e. The first-order valence-corrected chi connectivity index (χ1v) is 10.2. The number of halogens is 1. The van der Waals surface area contributed by atoms with Crippen molar-refractivity contribution in [3.8, 4) is 0 Å². The van der Waals surface area contributed by atoms with E-state index in [-0.39, 0.29) is 11.7 Å². The summed E-state index contributed by atoms with van der Waals surface area (Å²) in [5, 5.41) is 4.15. The van der Waals surface area contributed by atoms with Gasteiger partial charge in [-0.25, -0.2) is 4.39 Å². The molecule has 0 spiro atoms. The van der Waals surface area contributed by atoms with Crippen molar-refractivity contribution in [2.75, 3.05) is 33.2 Å². The number of likely N-dealkylation sites (tertiary alicyclic amines) is 1. The third-order valence-corrected chi connectivity index (χ3v) is 5.58. The van der Waals surface area contributed by atoms with E-state index in [1.165, 1.54) is 30.5 Å². The Labute approximate surface area is 167 Å². The smallest absolute Gasteiger partial charge is 0.222 e. The van der Waals surface area contributed by atoms with E-state index < -0.39 is 0 Å². The molecule has 1 amide bonds. The van der Waals surface area contributed by atoms with Crippen molar-refractivity contribution < 1.29 is 9.18 Å². The van der Waals surface area contributed by atoms with E-state index in [9.17, 15) is 9.18 Å². The van der Waals surface area contributed by atoms with Gasteiger partial charge in [-0.3, -0.25) is 9.48 Å². The molecule has 1 saturated heterocycles. The van der Waals surface area contributed by atoms with Crippen molar-refractivity contribution in [1.29, 1.82) is 0 Å². The summed E-state index contributed by atoms with van der Waals surface area (Å²) in [4.78, 5) is 16.8. The molecule has 1 aromatic heterocycles. The van der Waals surface area contributed by atoms with Gasteiger partial charge >= 0.3 is 0 Å². The second kappa shape index (κ2) is 9.82. The maximum absolute atomic E-state index is 13.0. The molecule has 28 heavy (non-hydrogen) atoms. The van der Waals surface area contributed by atoms with Crippen LogP contribution in [0.15, 0.2) is 36.7 Å². The lowest BCUT2D eigenvalue weighted by Gasteiger charge is -2.34. The zero-order chi connectivity index (χ0) is 19.9. The Kier molecular flexibility index (Phi) is 7.20. The molecule has 0 N–H and O–H groups in total. The van der Waals surface area contributed by atoms with Crippen LogP contribution in [-0.4, -0.2) is 58.7 Å². The van der Waals surface area contributed by atoms with Gasteiger partial charge in [0.25, 0.3) is 0 Å². The molecule has 1 fully saturated rings. The van der Waals surface area contributed by atoms with Crippen LogP contribution in [0.2, 0.25) is 0 Å². The van der Waals surface area contributed by atoms with Crippen molar-refractivity contribution in [2.45, 2.75) is 32.1 Å². The summed E-state index contributed by atoms with van der Waals surface area (Å²) < 4.78 is 14.8. The van der Waals surface area contributed by atoms with Crippen LogP contribution in [0.1, 0.15) is 30.4 Å². The monoisotopic (exact) mass is 386 g/mol. The quantitative estimate of drug-likeness (QED) is 0.701. The predicted molar refractivity (Wildman–Crippen MR) is 108 cm³/mol. The molecule has 2 aromatic rings. The molecular formula is C22H31FN4O. The summed E-state index contributed by atoms with van der Waals surface area (Å²) in [6, 6.07) is 6.79. The van der Waals surface area contributed by atoms with Gasteiger partial charge in [-0.1, -0.05) is 12.1 Å². The van der Waals surface area contributed by atoms with E-state index in [0.29, 0.717) is 12.3 Å². The summed E-state index contributed by atoms with van der Waals surface area (Å²) in [7, 11) is 3.81. The maximum Gasteiger partial charge on any atom is 0.222 e. The van der Waals surface area contributed by atoms with Crippen molar-refractivity contribution in [2.24, 2.45) is 13.0 Å². The lowest BCUT2D eigenvalue weighted by Crippen LogP contribution is -2.42. The number of rotatable bonds is 8. The highest BCUT2D eigenvalue weighted by Gasteiger charge is 2.22. The summed E-state index contributed by atoms with van der Waals surface area (Å²) in [5.74, 6) is 0.541. The highest BCUT2D eigenvalue weighted by atomic mass is 19.1. The summed E-state index contributed by atoms with van der Waals surface area (Å²) >= 11 is 0. The highest BCUT2D eigenvalue weighted by Crippen LogP contribution is 2.18. The molecule has 6 heteroatoms. The number of nitrogens with zero attached hydrogens (tertiary/aromatic N) is 4. The first kappa shape index (κ1) is 20.5. The number of amides is 1. The Morgan fingerprint density at radius 1 is 1.25 bits per heavy atom.